The lowest BCUT2D eigenvalue weighted by atomic mass is 9.78. The van der Waals surface area contributed by atoms with Crippen LogP contribution in [0.15, 0.2) is 35.9 Å². The van der Waals surface area contributed by atoms with Gasteiger partial charge in [0.2, 0.25) is 0 Å². The van der Waals surface area contributed by atoms with E-state index < -0.39 is 0 Å². The van der Waals surface area contributed by atoms with Crippen molar-refractivity contribution in [3.05, 3.63) is 41.5 Å². The van der Waals surface area contributed by atoms with E-state index in [1.807, 2.05) is 0 Å². The number of piperidine rings is 1. The smallest absolute Gasteiger partial charge is 0.0344 e. The molecule has 0 unspecified atom stereocenters. The van der Waals surface area contributed by atoms with Gasteiger partial charge in [0.15, 0.2) is 0 Å². The van der Waals surface area contributed by atoms with Crippen molar-refractivity contribution in [2.75, 3.05) is 0 Å². The predicted molar refractivity (Wildman–Crippen MR) is 74.9 cm³/mol. The lowest BCUT2D eigenvalue weighted by Crippen LogP contribution is -2.56. The Bertz CT molecular complexity index is 412. The summed E-state index contributed by atoms with van der Waals surface area (Å²) in [5.74, 6) is 0. The molecule has 1 nitrogen and oxygen atoms in total. The van der Waals surface area contributed by atoms with Crippen LogP contribution in [0.1, 0.15) is 46.1 Å². The van der Waals surface area contributed by atoms with E-state index in [1.165, 1.54) is 24.0 Å². The van der Waals surface area contributed by atoms with Crippen molar-refractivity contribution in [2.45, 2.75) is 51.6 Å². The number of benzene rings is 1. The second-order valence-corrected chi connectivity index (χ2v) is 6.21. The lowest BCUT2D eigenvalue weighted by Gasteiger charge is -2.44. The van der Waals surface area contributed by atoms with Gasteiger partial charge in [-0.1, -0.05) is 42.0 Å². The first-order chi connectivity index (χ1) is 7.89. The molecule has 1 aliphatic rings. The van der Waals surface area contributed by atoms with E-state index in [-0.39, 0.29) is 11.1 Å². The van der Waals surface area contributed by atoms with Gasteiger partial charge in [-0.3, -0.25) is 0 Å². The number of nitrogens with one attached hydrogen (secondary N) is 1. The molecule has 1 aromatic carbocycles. The predicted octanol–water partition coefficient (Wildman–Crippen LogP) is 4.01. The number of hydrogen-bond donors (Lipinski definition) is 1. The minimum atomic E-state index is 0.0948. The molecule has 1 heterocycles. The first-order valence-corrected chi connectivity index (χ1v) is 6.45. The van der Waals surface area contributed by atoms with E-state index in [0.29, 0.717) is 0 Å². The van der Waals surface area contributed by atoms with Crippen molar-refractivity contribution >= 4 is 6.08 Å². The van der Waals surface area contributed by atoms with Gasteiger partial charge in [0.05, 0.1) is 0 Å². The average molecular weight is 229 g/mol. The zero-order chi connectivity index (χ0) is 12.5. The van der Waals surface area contributed by atoms with Crippen LogP contribution in [0.3, 0.4) is 0 Å². The van der Waals surface area contributed by atoms with Crippen molar-refractivity contribution in [3.8, 4) is 0 Å². The molecule has 0 radical (unpaired) electrons. The van der Waals surface area contributed by atoms with Crippen LogP contribution in [0.2, 0.25) is 0 Å². The minimum absolute atomic E-state index is 0.0948. The van der Waals surface area contributed by atoms with E-state index in [9.17, 15) is 0 Å². The Morgan fingerprint density at radius 3 is 2.29 bits per heavy atom. The second-order valence-electron chi connectivity index (χ2n) is 6.21. The van der Waals surface area contributed by atoms with Gasteiger partial charge < -0.3 is 5.32 Å². The zero-order valence-electron chi connectivity index (χ0n) is 11.4. The Labute approximate surface area is 105 Å². The summed E-state index contributed by atoms with van der Waals surface area (Å²) in [5, 5.41) is 3.73. The van der Waals surface area contributed by atoms with Crippen LogP contribution in [-0.2, 0) is 0 Å². The van der Waals surface area contributed by atoms with Crippen LogP contribution in [-0.4, -0.2) is 11.1 Å². The van der Waals surface area contributed by atoms with E-state index in [0.717, 1.165) is 0 Å². The molecule has 1 N–H and O–H groups in total. The second kappa shape index (κ2) is 4.30. The third kappa shape index (κ3) is 2.98. The highest BCUT2D eigenvalue weighted by Crippen LogP contribution is 2.33. The van der Waals surface area contributed by atoms with Gasteiger partial charge >= 0.3 is 0 Å². The quantitative estimate of drug-likeness (QED) is 0.767. The third-order valence-electron chi connectivity index (χ3n) is 3.61. The molecule has 1 aliphatic heterocycles. The molecule has 0 aromatic heterocycles. The maximum atomic E-state index is 3.73. The molecule has 17 heavy (non-hydrogen) atoms. The SMILES string of the molecule is CC1(C)CCC(=Cc2ccccc2)C(C)(C)N1. The van der Waals surface area contributed by atoms with Gasteiger partial charge in [0.1, 0.15) is 0 Å². The van der Waals surface area contributed by atoms with E-state index in [2.05, 4.69) is 69.4 Å². The molecule has 0 amide bonds. The third-order valence-corrected chi connectivity index (χ3v) is 3.61. The van der Waals surface area contributed by atoms with Crippen LogP contribution >= 0.6 is 0 Å². The Kier molecular flexibility index (Phi) is 3.13. The highest BCUT2D eigenvalue weighted by Gasteiger charge is 2.35. The summed E-state index contributed by atoms with van der Waals surface area (Å²) in [7, 11) is 0. The number of hydrogen-bond acceptors (Lipinski definition) is 1. The highest BCUT2D eigenvalue weighted by atomic mass is 15.0. The van der Waals surface area contributed by atoms with Crippen molar-refractivity contribution in [3.63, 3.8) is 0 Å². The summed E-state index contributed by atoms with van der Waals surface area (Å²) >= 11 is 0. The fraction of sp³-hybridized carbons (Fsp3) is 0.500. The van der Waals surface area contributed by atoms with Gasteiger partial charge in [-0.15, -0.1) is 0 Å². The molecule has 0 aliphatic carbocycles. The summed E-state index contributed by atoms with van der Waals surface area (Å²) in [4.78, 5) is 0. The van der Waals surface area contributed by atoms with Crippen molar-refractivity contribution in [1.29, 1.82) is 0 Å². The minimum Gasteiger partial charge on any atom is -0.303 e. The van der Waals surface area contributed by atoms with Gasteiger partial charge in [0, 0.05) is 11.1 Å². The summed E-state index contributed by atoms with van der Waals surface area (Å²) in [6, 6.07) is 10.6. The molecule has 92 valence electrons. The molecule has 1 heteroatoms. The average Bonchev–Trinajstić information content (AvgIpc) is 2.22. The largest absolute Gasteiger partial charge is 0.303 e. The standard InChI is InChI=1S/C16H23N/c1-15(2)11-10-14(16(3,4)17-15)12-13-8-6-5-7-9-13/h5-9,12,17H,10-11H2,1-4H3. The topological polar surface area (TPSA) is 12.0 Å². The molecule has 0 bridgehead atoms. The molecule has 0 atom stereocenters. The summed E-state index contributed by atoms with van der Waals surface area (Å²) in [5.41, 5.74) is 3.15. The van der Waals surface area contributed by atoms with Crippen LogP contribution in [0.25, 0.3) is 6.08 Å². The first kappa shape index (κ1) is 12.4. The van der Waals surface area contributed by atoms with Crippen LogP contribution in [0, 0.1) is 0 Å². The van der Waals surface area contributed by atoms with Crippen molar-refractivity contribution < 1.29 is 0 Å². The monoisotopic (exact) mass is 229 g/mol. The zero-order valence-corrected chi connectivity index (χ0v) is 11.4. The van der Waals surface area contributed by atoms with Crippen LogP contribution in [0.5, 0.6) is 0 Å². The molecule has 1 fully saturated rings. The van der Waals surface area contributed by atoms with Crippen LogP contribution in [0.4, 0.5) is 0 Å². The molecule has 1 saturated heterocycles. The Hall–Kier alpha value is -1.08. The Morgan fingerprint density at radius 2 is 1.71 bits per heavy atom. The lowest BCUT2D eigenvalue weighted by molar-refractivity contribution is 0.239. The molecular formula is C16H23N. The van der Waals surface area contributed by atoms with E-state index >= 15 is 0 Å². The van der Waals surface area contributed by atoms with Gasteiger partial charge in [-0.2, -0.15) is 0 Å². The fourth-order valence-corrected chi connectivity index (χ4v) is 2.75. The van der Waals surface area contributed by atoms with Crippen molar-refractivity contribution in [2.24, 2.45) is 0 Å². The maximum absolute atomic E-state index is 3.73. The molecule has 0 spiro atoms. The molecular weight excluding hydrogens is 206 g/mol. The van der Waals surface area contributed by atoms with Gasteiger partial charge in [-0.05, 0) is 46.1 Å². The highest BCUT2D eigenvalue weighted by molar-refractivity contribution is 5.55. The molecule has 0 saturated carbocycles. The summed E-state index contributed by atoms with van der Waals surface area (Å²) < 4.78 is 0. The van der Waals surface area contributed by atoms with E-state index in [1.54, 1.807) is 0 Å². The summed E-state index contributed by atoms with van der Waals surface area (Å²) in [6.07, 6.45) is 4.72. The fourth-order valence-electron chi connectivity index (χ4n) is 2.75. The van der Waals surface area contributed by atoms with Crippen molar-refractivity contribution in [1.82, 2.24) is 5.32 Å². The maximum Gasteiger partial charge on any atom is 0.0344 e. The Balaban J connectivity index is 2.26. The molecule has 2 rings (SSSR count). The first-order valence-electron chi connectivity index (χ1n) is 6.45. The van der Waals surface area contributed by atoms with E-state index in [4.69, 9.17) is 0 Å². The number of rotatable bonds is 1. The summed E-state index contributed by atoms with van der Waals surface area (Å²) in [6.45, 7) is 9.13. The normalized spacial score (nSPS) is 24.8. The van der Waals surface area contributed by atoms with Gasteiger partial charge in [-0.25, -0.2) is 0 Å². The van der Waals surface area contributed by atoms with Crippen LogP contribution < -0.4 is 5.32 Å². The van der Waals surface area contributed by atoms with Gasteiger partial charge in [0.25, 0.3) is 0 Å². The Morgan fingerprint density at radius 1 is 1.06 bits per heavy atom. The molecule has 1 aromatic rings.